The minimum Gasteiger partial charge on any atom is -0.753 e. The van der Waals surface area contributed by atoms with Gasteiger partial charge in [-0.25, -0.2) is 9.59 Å². The molecule has 0 unspecified atom stereocenters. The number of hydrogen-bond donors (Lipinski definition) is 2. The summed E-state index contributed by atoms with van der Waals surface area (Å²) in [5.41, 5.74) is 4.99. The summed E-state index contributed by atoms with van der Waals surface area (Å²) in [7, 11) is 0. The van der Waals surface area contributed by atoms with Gasteiger partial charge in [-0.05, 0) is 134 Å². The molecule has 0 amide bonds. The van der Waals surface area contributed by atoms with Crippen LogP contribution in [-0.4, -0.2) is 52.4 Å². The van der Waals surface area contributed by atoms with Crippen LogP contribution in [0.15, 0.2) is 122 Å². The third kappa shape index (κ3) is 19.7. The normalized spacial score (nSPS) is 10.2. The van der Waals surface area contributed by atoms with E-state index in [9.17, 15) is 9.59 Å². The molecule has 0 atom stereocenters. The van der Waals surface area contributed by atoms with Crippen molar-refractivity contribution in [2.24, 2.45) is 0 Å². The topological polar surface area (TPSA) is 171 Å². The number of carbonyl (C=O) groups is 2. The second-order valence-corrected chi connectivity index (χ2v) is 21.3. The van der Waals surface area contributed by atoms with Crippen LogP contribution in [0, 0.1) is 0 Å². The standard InChI is InChI=1S/C42H48N2S4.C12H8N2O4.2CNS.Ru/c1-3-5-7-9-11-13-15-33-17-19-39(45-33)41-23-21-37(47-41)31-25-27-43-35(29-31)36-30-32(26-28-44-36)38-22-24-42(48-38)40-20-18-34(46-40)16-14-12-10-8-6-4-2;15-11(16)7-1-3-13-9(5-7)10-6-8(12(17)18)2-4-14-10;2*2-1-3;/h17-30H,3-16H2,1-2H3;1-6H,(H,15,16)(H,17,18);;;/q;;2*-1;+2. The quantitative estimate of drug-likeness (QED) is 0.0288. The molecule has 0 bridgehead atoms. The summed E-state index contributed by atoms with van der Waals surface area (Å²) in [6, 6.07) is 32.4. The van der Waals surface area contributed by atoms with Gasteiger partial charge < -0.3 is 21.0 Å². The van der Waals surface area contributed by atoms with Crippen molar-refractivity contribution in [1.82, 2.24) is 19.9 Å². The third-order valence-electron chi connectivity index (χ3n) is 11.2. The first-order valence-corrected chi connectivity index (χ1v) is 27.9. The van der Waals surface area contributed by atoms with Gasteiger partial charge in [-0.15, -0.1) is 45.3 Å². The molecule has 8 aromatic heterocycles. The molecule has 0 aliphatic heterocycles. The smallest absolute Gasteiger partial charge is 0.753 e. The first kappa shape index (κ1) is 60.1. The maximum absolute atomic E-state index is 10.8. The summed E-state index contributed by atoms with van der Waals surface area (Å²) in [5, 5.41) is 34.6. The molecular weight excluding hydrogens is 1110 g/mol. The summed E-state index contributed by atoms with van der Waals surface area (Å²) >= 11 is 15.1. The molecule has 8 aromatic rings. The fraction of sp³-hybridized carbons (Fsp3) is 0.286. The second kappa shape index (κ2) is 33.4. The van der Waals surface area contributed by atoms with Gasteiger partial charge in [0, 0.05) is 63.8 Å². The van der Waals surface area contributed by atoms with Crippen molar-refractivity contribution in [3.63, 3.8) is 0 Å². The molecule has 0 aliphatic rings. The fourth-order valence-electron chi connectivity index (χ4n) is 7.55. The number of thiocarbonyl (C=S) groups is 2. The zero-order valence-corrected chi connectivity index (χ0v) is 47.3. The first-order valence-electron chi connectivity index (χ1n) is 23.8. The zero-order valence-electron chi connectivity index (χ0n) is 40.6. The molecule has 17 heteroatoms. The van der Waals surface area contributed by atoms with Crippen LogP contribution in [0.3, 0.4) is 0 Å². The summed E-state index contributed by atoms with van der Waals surface area (Å²) in [4.78, 5) is 50.1. The molecule has 0 fully saturated rings. The Kier molecular flexibility index (Phi) is 27.5. The maximum atomic E-state index is 10.8. The monoisotopic (exact) mass is 1170 g/mol. The van der Waals surface area contributed by atoms with Crippen molar-refractivity contribution in [3.05, 3.63) is 154 Å². The Labute approximate surface area is 467 Å². The Morgan fingerprint density at radius 3 is 1.12 bits per heavy atom. The van der Waals surface area contributed by atoms with Crippen molar-refractivity contribution in [1.29, 1.82) is 0 Å². The third-order valence-corrected chi connectivity index (χ3v) is 16.2. The molecule has 0 saturated carbocycles. The van der Waals surface area contributed by atoms with Crippen LogP contribution < -0.4 is 0 Å². The zero-order chi connectivity index (χ0) is 51.5. The molecule has 0 saturated heterocycles. The predicted octanol–water partition coefficient (Wildman–Crippen LogP) is 17.7. The first-order chi connectivity index (χ1) is 35.1. The summed E-state index contributed by atoms with van der Waals surface area (Å²) in [6.07, 6.45) is 25.1. The maximum Gasteiger partial charge on any atom is 2.00 e. The van der Waals surface area contributed by atoms with E-state index in [1.165, 1.54) is 187 Å². The number of rotatable bonds is 22. The van der Waals surface area contributed by atoms with Gasteiger partial charge in [-0.2, -0.15) is 10.3 Å². The van der Waals surface area contributed by atoms with E-state index in [1.54, 1.807) is 0 Å². The van der Waals surface area contributed by atoms with E-state index in [-0.39, 0.29) is 30.6 Å². The van der Waals surface area contributed by atoms with Crippen LogP contribution in [-0.2, 0) is 32.3 Å². The van der Waals surface area contributed by atoms with Crippen LogP contribution in [0.4, 0.5) is 0 Å². The van der Waals surface area contributed by atoms with Gasteiger partial charge >= 0.3 is 31.4 Å². The number of isothiocyanates is 2. The van der Waals surface area contributed by atoms with Gasteiger partial charge in [0.05, 0.1) is 33.9 Å². The van der Waals surface area contributed by atoms with Gasteiger partial charge in [0.2, 0.25) is 0 Å². The molecule has 378 valence electrons. The molecular formula is C56H56N6O4RuS6. The molecule has 8 heterocycles. The minimum atomic E-state index is -1.08. The van der Waals surface area contributed by atoms with Crippen molar-refractivity contribution in [2.75, 3.05) is 0 Å². The SMILES string of the molecule is CCCCCCCCc1ccc(-c2ccc(-c3ccnc(-c4cc(-c5ccc(-c6ccc(CCCCCCCC)s6)s5)ccn4)c3)s2)s1.O=C(O)c1ccnc(-c2cc(C(=O)O)ccn2)c1.[N-]=C=S.[N-]=C=S.[Ru+2]. The number of aromatic nitrogens is 4. The minimum absolute atomic E-state index is 0. The molecule has 2 N–H and O–H groups in total. The van der Waals surface area contributed by atoms with E-state index in [1.807, 2.05) is 57.7 Å². The second-order valence-electron chi connectivity index (χ2n) is 16.4. The van der Waals surface area contributed by atoms with E-state index in [4.69, 9.17) is 31.0 Å². The van der Waals surface area contributed by atoms with E-state index >= 15 is 0 Å². The molecule has 0 aliphatic carbocycles. The number of carboxylic acids is 2. The summed E-state index contributed by atoms with van der Waals surface area (Å²) in [6.45, 7) is 4.57. The van der Waals surface area contributed by atoms with E-state index in [0.29, 0.717) is 11.4 Å². The van der Waals surface area contributed by atoms with Gasteiger partial charge in [0.15, 0.2) is 0 Å². The largest absolute Gasteiger partial charge is 2.00 e. The van der Waals surface area contributed by atoms with Crippen LogP contribution in [0.1, 0.15) is 121 Å². The Bertz CT molecular complexity index is 2820. The van der Waals surface area contributed by atoms with E-state index < -0.39 is 11.9 Å². The number of aromatic carboxylic acids is 2. The van der Waals surface area contributed by atoms with Gasteiger partial charge in [-0.1, -0.05) is 102 Å². The van der Waals surface area contributed by atoms with Crippen molar-refractivity contribution >= 4 is 92.0 Å². The summed E-state index contributed by atoms with van der Waals surface area (Å²) < 4.78 is 0. The average Bonchev–Trinajstić information content (AvgIpc) is 4.26. The molecule has 8 rings (SSSR count). The number of aryl methyl sites for hydroxylation is 2. The van der Waals surface area contributed by atoms with Crippen LogP contribution in [0.25, 0.3) is 74.0 Å². The van der Waals surface area contributed by atoms with Crippen molar-refractivity contribution in [2.45, 2.75) is 104 Å². The van der Waals surface area contributed by atoms with Crippen LogP contribution >= 0.6 is 69.8 Å². The Morgan fingerprint density at radius 2 is 0.753 bits per heavy atom. The molecule has 0 radical (unpaired) electrons. The van der Waals surface area contributed by atoms with Crippen LogP contribution in [0.5, 0.6) is 0 Å². The van der Waals surface area contributed by atoms with Gasteiger partial charge in [0.1, 0.15) is 0 Å². The Hall–Kier alpha value is -5.44. The predicted molar refractivity (Wildman–Crippen MR) is 308 cm³/mol. The Balaban J connectivity index is 0.000000383. The van der Waals surface area contributed by atoms with E-state index in [0.717, 1.165) is 11.4 Å². The number of pyridine rings is 4. The molecule has 0 spiro atoms. The van der Waals surface area contributed by atoms with Crippen molar-refractivity contribution in [3.8, 4) is 63.2 Å². The van der Waals surface area contributed by atoms with Crippen molar-refractivity contribution < 1.29 is 39.3 Å². The number of hydrogen-bond acceptors (Lipinski definition) is 12. The number of unbranched alkanes of at least 4 members (excludes halogenated alkanes) is 10. The van der Waals surface area contributed by atoms with E-state index in [2.05, 4.69) is 121 Å². The average molecular weight is 1170 g/mol. The number of carboxylic acid groups (broad SMARTS) is 2. The van der Waals surface area contributed by atoms with Gasteiger partial charge in [0.25, 0.3) is 0 Å². The Morgan fingerprint density at radius 1 is 0.452 bits per heavy atom. The molecule has 10 nitrogen and oxygen atoms in total. The number of nitrogens with zero attached hydrogens (tertiary/aromatic N) is 6. The molecule has 0 aromatic carbocycles. The summed E-state index contributed by atoms with van der Waals surface area (Å²) in [5.74, 6) is -2.15. The van der Waals surface area contributed by atoms with Crippen LogP contribution in [0.2, 0.25) is 0 Å². The molecule has 73 heavy (non-hydrogen) atoms. The fourth-order valence-corrected chi connectivity index (χ4v) is 11.8. The number of thiophene rings is 4. The van der Waals surface area contributed by atoms with Gasteiger partial charge in [-0.3, -0.25) is 19.9 Å².